The molecule has 118 valence electrons. The van der Waals surface area contributed by atoms with Crippen LogP contribution in [0, 0.1) is 0 Å². The molecule has 0 saturated heterocycles. The highest BCUT2D eigenvalue weighted by Gasteiger charge is 2.34. The van der Waals surface area contributed by atoms with Crippen molar-refractivity contribution in [3.63, 3.8) is 0 Å². The Labute approximate surface area is 138 Å². The average molecular weight is 343 g/mol. The summed E-state index contributed by atoms with van der Waals surface area (Å²) in [6.45, 7) is 0.0209. The van der Waals surface area contributed by atoms with E-state index in [-0.39, 0.29) is 36.9 Å². The normalized spacial score (nSPS) is 14.5. The van der Waals surface area contributed by atoms with Crippen LogP contribution in [0.1, 0.15) is 0 Å². The Hall–Kier alpha value is -1.70. The van der Waals surface area contributed by atoms with E-state index in [4.69, 9.17) is 21.4 Å². The number of anilines is 1. The number of halogens is 1. The van der Waals surface area contributed by atoms with Crippen molar-refractivity contribution in [1.29, 1.82) is 0 Å². The van der Waals surface area contributed by atoms with Gasteiger partial charge in [-0.05, 0) is 18.2 Å². The van der Waals surface area contributed by atoms with E-state index in [2.05, 4.69) is 17.9 Å². The molecule has 0 fully saturated rings. The molecule has 0 unspecified atom stereocenters. The molecule has 0 aliphatic carbocycles. The second kappa shape index (κ2) is 7.04. The Kier molecular flexibility index (Phi) is 5.33. The van der Waals surface area contributed by atoms with Gasteiger partial charge in [-0.2, -0.15) is 0 Å². The quantitative estimate of drug-likeness (QED) is 0.555. The standard InChI is InChI=1S/C14H15ClN2O4S/c1-21-14(20)9-7-17(4-5-18)13(19)12(9)16-10-6-8(15)2-3-11(10)22/h2-3,6,16,18,22H,4-5,7H2,1H3. The van der Waals surface area contributed by atoms with Crippen LogP contribution in [-0.2, 0) is 14.3 Å². The van der Waals surface area contributed by atoms with E-state index in [1.54, 1.807) is 18.2 Å². The van der Waals surface area contributed by atoms with Gasteiger partial charge in [0.15, 0.2) is 0 Å². The summed E-state index contributed by atoms with van der Waals surface area (Å²) in [6, 6.07) is 4.95. The number of thiol groups is 1. The summed E-state index contributed by atoms with van der Waals surface area (Å²) >= 11 is 10.2. The molecule has 1 amide bonds. The van der Waals surface area contributed by atoms with Gasteiger partial charge >= 0.3 is 5.97 Å². The number of aliphatic hydroxyl groups excluding tert-OH is 1. The zero-order chi connectivity index (χ0) is 16.3. The molecule has 1 aromatic carbocycles. The van der Waals surface area contributed by atoms with Gasteiger partial charge in [0.1, 0.15) is 5.70 Å². The minimum absolute atomic E-state index is 0.0802. The fourth-order valence-corrected chi connectivity index (χ4v) is 2.46. The van der Waals surface area contributed by atoms with Crippen LogP contribution in [0.5, 0.6) is 0 Å². The van der Waals surface area contributed by atoms with Gasteiger partial charge in [-0.15, -0.1) is 12.6 Å². The van der Waals surface area contributed by atoms with E-state index >= 15 is 0 Å². The number of nitrogens with one attached hydrogen (secondary N) is 1. The maximum atomic E-state index is 12.4. The average Bonchev–Trinajstić information content (AvgIpc) is 2.80. The smallest absolute Gasteiger partial charge is 0.337 e. The van der Waals surface area contributed by atoms with Gasteiger partial charge in [-0.25, -0.2) is 4.79 Å². The number of benzene rings is 1. The van der Waals surface area contributed by atoms with Gasteiger partial charge in [0.25, 0.3) is 5.91 Å². The molecule has 1 aliphatic rings. The first-order valence-electron chi connectivity index (χ1n) is 6.45. The molecular weight excluding hydrogens is 328 g/mol. The number of ether oxygens (including phenoxy) is 1. The van der Waals surface area contributed by atoms with E-state index in [9.17, 15) is 9.59 Å². The van der Waals surface area contributed by atoms with Gasteiger partial charge in [0, 0.05) is 16.5 Å². The number of β-amino-alcohol motifs (C(OH)–C–C–N with tert-alkyl or cyclic N) is 1. The highest BCUT2D eigenvalue weighted by atomic mass is 35.5. The number of hydrogen-bond donors (Lipinski definition) is 3. The number of carbonyl (C=O) groups excluding carboxylic acids is 2. The largest absolute Gasteiger partial charge is 0.466 e. The minimum atomic E-state index is -0.598. The monoisotopic (exact) mass is 342 g/mol. The summed E-state index contributed by atoms with van der Waals surface area (Å²) < 4.78 is 4.71. The molecule has 2 rings (SSSR count). The molecule has 1 aliphatic heterocycles. The van der Waals surface area contributed by atoms with Crippen LogP contribution in [0.4, 0.5) is 5.69 Å². The van der Waals surface area contributed by atoms with Crippen molar-refractivity contribution in [2.45, 2.75) is 4.90 Å². The maximum Gasteiger partial charge on any atom is 0.337 e. The van der Waals surface area contributed by atoms with Crippen LogP contribution < -0.4 is 5.32 Å². The first kappa shape index (κ1) is 16.7. The molecule has 1 heterocycles. The summed E-state index contributed by atoms with van der Waals surface area (Å²) in [6.07, 6.45) is 0. The topological polar surface area (TPSA) is 78.9 Å². The lowest BCUT2D eigenvalue weighted by Gasteiger charge is -2.15. The van der Waals surface area contributed by atoms with Gasteiger partial charge in [0.2, 0.25) is 0 Å². The minimum Gasteiger partial charge on any atom is -0.466 e. The molecular formula is C14H15ClN2O4S. The van der Waals surface area contributed by atoms with E-state index in [1.165, 1.54) is 12.0 Å². The Bertz CT molecular complexity index is 648. The summed E-state index contributed by atoms with van der Waals surface area (Å²) in [5, 5.41) is 12.4. The Morgan fingerprint density at radius 3 is 2.91 bits per heavy atom. The highest BCUT2D eigenvalue weighted by molar-refractivity contribution is 7.80. The number of methoxy groups -OCH3 is 1. The molecule has 0 radical (unpaired) electrons. The molecule has 0 saturated carbocycles. The number of rotatable bonds is 5. The zero-order valence-electron chi connectivity index (χ0n) is 11.8. The Morgan fingerprint density at radius 2 is 2.27 bits per heavy atom. The third kappa shape index (κ3) is 3.37. The summed E-state index contributed by atoms with van der Waals surface area (Å²) in [5.41, 5.74) is 0.818. The lowest BCUT2D eigenvalue weighted by molar-refractivity contribution is -0.136. The van der Waals surface area contributed by atoms with Crippen molar-refractivity contribution < 1.29 is 19.4 Å². The summed E-state index contributed by atoms with van der Waals surface area (Å²) in [4.78, 5) is 26.1. The Morgan fingerprint density at radius 1 is 1.55 bits per heavy atom. The van der Waals surface area contributed by atoms with Crippen molar-refractivity contribution in [2.24, 2.45) is 0 Å². The molecule has 0 aromatic heterocycles. The number of nitrogens with zero attached hydrogens (tertiary/aromatic N) is 1. The first-order chi connectivity index (χ1) is 10.5. The van der Waals surface area contributed by atoms with Crippen molar-refractivity contribution in [2.75, 3.05) is 32.1 Å². The van der Waals surface area contributed by atoms with Crippen LogP contribution in [0.25, 0.3) is 0 Å². The third-order valence-electron chi connectivity index (χ3n) is 3.17. The summed E-state index contributed by atoms with van der Waals surface area (Å²) in [5.74, 6) is -0.985. The van der Waals surface area contributed by atoms with Crippen molar-refractivity contribution in [3.8, 4) is 0 Å². The lowest BCUT2D eigenvalue weighted by Crippen LogP contribution is -2.31. The van der Waals surface area contributed by atoms with Crippen molar-refractivity contribution in [3.05, 3.63) is 34.5 Å². The highest BCUT2D eigenvalue weighted by Crippen LogP contribution is 2.28. The maximum absolute atomic E-state index is 12.4. The third-order valence-corrected chi connectivity index (χ3v) is 3.80. The molecule has 6 nitrogen and oxygen atoms in total. The molecule has 22 heavy (non-hydrogen) atoms. The second-order valence-corrected chi connectivity index (χ2v) is 5.50. The molecule has 0 bridgehead atoms. The number of aliphatic hydroxyl groups is 1. The lowest BCUT2D eigenvalue weighted by atomic mass is 10.2. The van der Waals surface area contributed by atoms with Crippen LogP contribution in [0.3, 0.4) is 0 Å². The molecule has 8 heteroatoms. The van der Waals surface area contributed by atoms with Gasteiger partial charge in [-0.3, -0.25) is 4.79 Å². The van der Waals surface area contributed by atoms with E-state index in [1.807, 2.05) is 0 Å². The molecule has 0 atom stereocenters. The molecule has 1 aromatic rings. The predicted molar refractivity (Wildman–Crippen MR) is 85.0 cm³/mol. The van der Waals surface area contributed by atoms with Crippen LogP contribution in [-0.4, -0.2) is 48.7 Å². The number of carbonyl (C=O) groups is 2. The van der Waals surface area contributed by atoms with E-state index in [0.29, 0.717) is 15.6 Å². The zero-order valence-corrected chi connectivity index (χ0v) is 13.4. The van der Waals surface area contributed by atoms with Crippen LogP contribution in [0.2, 0.25) is 5.02 Å². The first-order valence-corrected chi connectivity index (χ1v) is 7.27. The van der Waals surface area contributed by atoms with Gasteiger partial charge in [0.05, 0.1) is 31.5 Å². The molecule has 2 N–H and O–H groups in total. The van der Waals surface area contributed by atoms with Gasteiger partial charge in [-0.1, -0.05) is 11.6 Å². The second-order valence-electron chi connectivity index (χ2n) is 4.58. The fourth-order valence-electron chi connectivity index (χ4n) is 2.09. The summed E-state index contributed by atoms with van der Waals surface area (Å²) in [7, 11) is 1.25. The van der Waals surface area contributed by atoms with E-state index in [0.717, 1.165) is 0 Å². The SMILES string of the molecule is COC(=O)C1=C(Nc2cc(Cl)ccc2S)C(=O)N(CCO)C1. The van der Waals surface area contributed by atoms with E-state index < -0.39 is 5.97 Å². The van der Waals surface area contributed by atoms with Gasteiger partial charge < -0.3 is 20.1 Å². The fraction of sp³-hybridized carbons (Fsp3) is 0.286. The van der Waals surface area contributed by atoms with Crippen LogP contribution in [0.15, 0.2) is 34.4 Å². The predicted octanol–water partition coefficient (Wildman–Crippen LogP) is 1.30. The van der Waals surface area contributed by atoms with Crippen LogP contribution >= 0.6 is 24.2 Å². The number of hydrogen-bond acceptors (Lipinski definition) is 6. The number of amides is 1. The van der Waals surface area contributed by atoms with Crippen molar-refractivity contribution in [1.82, 2.24) is 4.90 Å². The molecule has 0 spiro atoms. The Balaban J connectivity index is 2.36. The van der Waals surface area contributed by atoms with Crippen molar-refractivity contribution >= 4 is 41.8 Å². The number of esters is 1.